The van der Waals surface area contributed by atoms with Gasteiger partial charge in [-0.1, -0.05) is 15.8 Å². The molecule has 3 aromatic rings. The number of nitrogens with zero attached hydrogens (tertiary/aromatic N) is 3. The molecule has 3 rings (SSSR count). The van der Waals surface area contributed by atoms with Crippen molar-refractivity contribution >= 4 is 39.3 Å². The molecule has 8 nitrogen and oxygen atoms in total. The van der Waals surface area contributed by atoms with Crippen molar-refractivity contribution < 1.29 is 27.3 Å². The average molecular weight is 408 g/mol. The molecule has 0 aliphatic heterocycles. The van der Waals surface area contributed by atoms with Gasteiger partial charge in [0, 0.05) is 12.3 Å². The van der Waals surface area contributed by atoms with E-state index in [-0.39, 0.29) is 22.4 Å². The second-order valence-corrected chi connectivity index (χ2v) is 6.94. The van der Waals surface area contributed by atoms with E-state index in [0.717, 1.165) is 29.2 Å². The van der Waals surface area contributed by atoms with E-state index >= 15 is 0 Å². The topological polar surface area (TPSA) is 118 Å². The number of benzene rings is 1. The highest BCUT2D eigenvalue weighted by Gasteiger charge is 2.47. The van der Waals surface area contributed by atoms with Crippen molar-refractivity contribution in [3.05, 3.63) is 45.5 Å². The molecule has 0 saturated heterocycles. The van der Waals surface area contributed by atoms with Crippen LogP contribution in [0.2, 0.25) is 5.02 Å². The van der Waals surface area contributed by atoms with Gasteiger partial charge in [-0.05, 0) is 6.07 Å². The maximum Gasteiger partial charge on any atom is 0.581 e. The van der Waals surface area contributed by atoms with E-state index in [1.54, 1.807) is 0 Å². The van der Waals surface area contributed by atoms with Gasteiger partial charge in [0.25, 0.3) is 5.56 Å². The largest absolute Gasteiger partial charge is 0.581 e. The Balaban J connectivity index is 2.17. The maximum absolute atomic E-state index is 12.7. The second kappa shape index (κ2) is 6.21. The van der Waals surface area contributed by atoms with Crippen molar-refractivity contribution in [1.29, 1.82) is 0 Å². The van der Waals surface area contributed by atoms with Gasteiger partial charge in [-0.3, -0.25) is 9.78 Å². The zero-order valence-corrected chi connectivity index (χ0v) is 13.9. The fourth-order valence-electron chi connectivity index (χ4n) is 2.09. The highest BCUT2D eigenvalue weighted by Crippen LogP contribution is 2.32. The van der Waals surface area contributed by atoms with Crippen LogP contribution in [-0.4, -0.2) is 36.3 Å². The zero-order chi connectivity index (χ0) is 19.2. The Hall–Kier alpha value is -2.73. The van der Waals surface area contributed by atoms with Crippen LogP contribution >= 0.6 is 11.6 Å². The smallest absolute Gasteiger partial charge is 0.478 e. The van der Waals surface area contributed by atoms with Gasteiger partial charge in [0.15, 0.2) is 4.90 Å². The number of aromatic carboxylic acids is 1. The predicted octanol–water partition coefficient (Wildman–Crippen LogP) is 2.04. The summed E-state index contributed by atoms with van der Waals surface area (Å²) in [7, 11) is -3.82. The first-order valence-corrected chi connectivity index (χ1v) is 8.27. The summed E-state index contributed by atoms with van der Waals surface area (Å²) in [6.45, 7) is 0. The molecule has 0 bridgehead atoms. The Kier molecular flexibility index (Phi) is 4.32. The van der Waals surface area contributed by atoms with E-state index in [4.69, 9.17) is 16.7 Å². The van der Waals surface area contributed by atoms with E-state index < -0.39 is 37.8 Å². The van der Waals surface area contributed by atoms with E-state index in [1.165, 1.54) is 0 Å². The number of carboxylic acids is 1. The van der Waals surface area contributed by atoms with E-state index in [2.05, 4.69) is 15.1 Å². The molecule has 1 unspecified atom stereocenters. The lowest BCUT2D eigenvalue weighted by molar-refractivity contribution is -0.0390. The summed E-state index contributed by atoms with van der Waals surface area (Å²) in [5, 5.41) is 11.9. The normalized spacial score (nSPS) is 13.1. The predicted molar refractivity (Wildman–Crippen MR) is 85.2 cm³/mol. The molecule has 2 heterocycles. The number of aromatic amines is 1. The minimum atomic E-state index is -5.00. The monoisotopic (exact) mass is 407 g/mol. The quantitative estimate of drug-likeness (QED) is 0.506. The summed E-state index contributed by atoms with van der Waals surface area (Å²) in [6, 6.07) is 1.75. The Morgan fingerprint density at radius 2 is 2.04 bits per heavy atom. The molecule has 0 spiro atoms. The van der Waals surface area contributed by atoms with Crippen LogP contribution < -0.4 is 5.56 Å². The molecule has 0 aliphatic carbocycles. The van der Waals surface area contributed by atoms with Crippen molar-refractivity contribution in [3.63, 3.8) is 0 Å². The molecule has 2 aromatic heterocycles. The molecule has 136 valence electrons. The third-order valence-electron chi connectivity index (χ3n) is 3.26. The molecular formula is C13H7ClF3N4O4S+. The van der Waals surface area contributed by atoms with Crippen LogP contribution in [0, 0.1) is 0 Å². The van der Waals surface area contributed by atoms with Crippen molar-refractivity contribution in [2.75, 3.05) is 0 Å². The van der Waals surface area contributed by atoms with Crippen LogP contribution in [0.1, 0.15) is 10.4 Å². The van der Waals surface area contributed by atoms with Crippen molar-refractivity contribution in [3.8, 4) is 5.95 Å². The number of aromatic nitrogens is 4. The minimum Gasteiger partial charge on any atom is -0.478 e. The van der Waals surface area contributed by atoms with Crippen molar-refractivity contribution in [2.45, 2.75) is 10.4 Å². The lowest BCUT2D eigenvalue weighted by Gasteiger charge is -2.05. The number of hydrogen-bond acceptors (Lipinski definition) is 5. The molecular weight excluding hydrogens is 401 g/mol. The lowest BCUT2D eigenvalue weighted by Crippen LogP contribution is -2.18. The number of carboxylic acid groups (broad SMARTS) is 1. The fourth-order valence-corrected chi connectivity index (χ4v) is 3.25. The molecule has 1 aromatic carbocycles. The summed E-state index contributed by atoms with van der Waals surface area (Å²) >= 11 is 5.76. The van der Waals surface area contributed by atoms with Crippen molar-refractivity contribution in [1.82, 2.24) is 19.7 Å². The Labute approximate surface area is 148 Å². The van der Waals surface area contributed by atoms with E-state index in [1.807, 2.05) is 0 Å². The van der Waals surface area contributed by atoms with Crippen LogP contribution in [0.25, 0.3) is 16.9 Å². The van der Waals surface area contributed by atoms with Crippen molar-refractivity contribution in [2.24, 2.45) is 0 Å². The van der Waals surface area contributed by atoms with Gasteiger partial charge in [-0.15, -0.1) is 13.2 Å². The fraction of sp³-hybridized carbons (Fsp3) is 0.0769. The highest BCUT2D eigenvalue weighted by molar-refractivity contribution is 7.86. The molecule has 0 saturated carbocycles. The summed E-state index contributed by atoms with van der Waals surface area (Å²) in [6.07, 6.45) is 2.11. The average Bonchev–Trinajstić information content (AvgIpc) is 3.03. The first kappa shape index (κ1) is 18.1. The third kappa shape index (κ3) is 3.20. The van der Waals surface area contributed by atoms with Crippen LogP contribution in [0.3, 0.4) is 0 Å². The number of rotatable bonds is 3. The summed E-state index contributed by atoms with van der Waals surface area (Å²) in [5.41, 5.74) is -6.07. The standard InChI is InChI=1S/C13H6ClF3N4O4S/c14-7-2-8-6(1-9(7)26(25)13(15,16)17)10(22)20-12(19-8)21-4-5(3-18-21)11(23)24/h1-4H,(H,23,24)(H,19,20,22)/p+1. The van der Waals surface area contributed by atoms with E-state index in [0.29, 0.717) is 0 Å². The number of thiol groups is 1. The van der Waals surface area contributed by atoms with Gasteiger partial charge in [0.05, 0.1) is 27.7 Å². The SMILES string of the molecule is O=C(O)c1cnn(-c2nc3cc(Cl)c([SH+](=O)C(F)(F)F)cc3c(=O)[nH]2)c1. The maximum atomic E-state index is 12.7. The van der Waals surface area contributed by atoms with Gasteiger partial charge in [0.2, 0.25) is 16.7 Å². The molecule has 2 N–H and O–H groups in total. The van der Waals surface area contributed by atoms with Crippen LogP contribution in [0.5, 0.6) is 0 Å². The van der Waals surface area contributed by atoms with Crippen LogP contribution in [0.15, 0.2) is 34.2 Å². The molecule has 26 heavy (non-hydrogen) atoms. The lowest BCUT2D eigenvalue weighted by atomic mass is 10.2. The zero-order valence-electron chi connectivity index (χ0n) is 12.3. The number of hydrogen-bond donors (Lipinski definition) is 2. The van der Waals surface area contributed by atoms with Crippen LogP contribution in [-0.2, 0) is 15.0 Å². The molecule has 13 heteroatoms. The summed E-state index contributed by atoms with van der Waals surface area (Å²) < 4.78 is 50.5. The second-order valence-electron chi connectivity index (χ2n) is 4.95. The highest BCUT2D eigenvalue weighted by atomic mass is 35.5. The molecule has 1 atom stereocenters. The number of halogens is 4. The van der Waals surface area contributed by atoms with Gasteiger partial charge < -0.3 is 5.11 Å². The summed E-state index contributed by atoms with van der Waals surface area (Å²) in [5.74, 6) is -1.41. The third-order valence-corrected chi connectivity index (χ3v) is 4.97. The van der Waals surface area contributed by atoms with Crippen LogP contribution in [0.4, 0.5) is 13.2 Å². The first-order chi connectivity index (χ1) is 12.1. The van der Waals surface area contributed by atoms with Gasteiger partial charge in [-0.2, -0.15) is 5.10 Å². The van der Waals surface area contributed by atoms with E-state index in [9.17, 15) is 27.0 Å². The number of alkyl halides is 3. The Bertz CT molecular complexity index is 1120. The molecule has 0 amide bonds. The number of fused-ring (bicyclic) bond motifs is 1. The number of carbonyl (C=O) groups is 1. The molecule has 0 radical (unpaired) electrons. The minimum absolute atomic E-state index is 0.0737. The first-order valence-electron chi connectivity index (χ1n) is 6.64. The van der Waals surface area contributed by atoms with Gasteiger partial charge in [-0.25, -0.2) is 14.5 Å². The Morgan fingerprint density at radius 3 is 2.62 bits per heavy atom. The Morgan fingerprint density at radius 1 is 1.35 bits per heavy atom. The van der Waals surface area contributed by atoms with Gasteiger partial charge >= 0.3 is 11.5 Å². The molecule has 0 aliphatic rings. The number of H-pyrrole nitrogens is 1. The van der Waals surface area contributed by atoms with Gasteiger partial charge in [0.1, 0.15) is 0 Å². The number of nitrogens with one attached hydrogen (secondary N) is 1. The molecule has 0 fully saturated rings. The summed E-state index contributed by atoms with van der Waals surface area (Å²) in [4.78, 5) is 28.6.